The van der Waals surface area contributed by atoms with E-state index >= 15 is 0 Å². The number of amidine groups is 1. The Morgan fingerprint density at radius 1 is 1.45 bits per heavy atom. The normalized spacial score (nSPS) is 29.6. The van der Waals surface area contributed by atoms with E-state index in [4.69, 9.17) is 15.7 Å². The zero-order chi connectivity index (χ0) is 14.5. The van der Waals surface area contributed by atoms with Gasteiger partial charge in [-0.2, -0.15) is 0 Å². The van der Waals surface area contributed by atoms with Crippen LogP contribution in [0.5, 0.6) is 0 Å². The van der Waals surface area contributed by atoms with Gasteiger partial charge in [0, 0.05) is 25.7 Å². The Balaban J connectivity index is 1.73. The molecule has 0 aromatic heterocycles. The van der Waals surface area contributed by atoms with Crippen LogP contribution in [0.4, 0.5) is 0 Å². The van der Waals surface area contributed by atoms with Crippen LogP contribution in [-0.2, 0) is 9.53 Å². The van der Waals surface area contributed by atoms with E-state index in [9.17, 15) is 4.79 Å². The van der Waals surface area contributed by atoms with Crippen LogP contribution in [0.25, 0.3) is 0 Å². The minimum atomic E-state index is -0.287. The summed E-state index contributed by atoms with van der Waals surface area (Å²) in [6.45, 7) is 4.87. The highest BCUT2D eigenvalue weighted by Gasteiger charge is 2.32. The zero-order valence-electron chi connectivity index (χ0n) is 11.9. The van der Waals surface area contributed by atoms with Gasteiger partial charge in [-0.25, -0.2) is 0 Å². The molecule has 0 aromatic carbocycles. The van der Waals surface area contributed by atoms with Crippen molar-refractivity contribution in [1.29, 1.82) is 0 Å². The topological polar surface area (TPSA) is 100 Å². The molecule has 0 spiro atoms. The fourth-order valence-corrected chi connectivity index (χ4v) is 2.81. The van der Waals surface area contributed by atoms with Crippen LogP contribution in [0, 0.1) is 5.92 Å². The van der Waals surface area contributed by atoms with Crippen molar-refractivity contribution in [1.82, 2.24) is 10.2 Å². The summed E-state index contributed by atoms with van der Waals surface area (Å²) in [5.41, 5.74) is 5.49. The number of oxime groups is 1. The highest BCUT2D eigenvalue weighted by Crippen LogP contribution is 2.20. The van der Waals surface area contributed by atoms with Gasteiger partial charge in [0.1, 0.15) is 6.10 Å². The van der Waals surface area contributed by atoms with E-state index in [2.05, 4.69) is 22.3 Å². The molecule has 2 fully saturated rings. The fraction of sp³-hybridized carbons (Fsp3) is 0.846. The second-order valence-corrected chi connectivity index (χ2v) is 5.71. The molecule has 0 bridgehead atoms. The van der Waals surface area contributed by atoms with E-state index in [1.54, 1.807) is 0 Å². The molecule has 0 radical (unpaired) electrons. The van der Waals surface area contributed by atoms with Crippen molar-refractivity contribution in [3.05, 3.63) is 0 Å². The van der Waals surface area contributed by atoms with Gasteiger partial charge in [0.25, 0.3) is 0 Å². The smallest absolute Gasteiger partial charge is 0.249 e. The first-order valence-corrected chi connectivity index (χ1v) is 7.21. The summed E-state index contributed by atoms with van der Waals surface area (Å²) in [5, 5.41) is 14.6. The summed E-state index contributed by atoms with van der Waals surface area (Å²) in [5.74, 6) is 0.543. The number of hydrogen-bond donors (Lipinski definition) is 3. The summed E-state index contributed by atoms with van der Waals surface area (Å²) in [7, 11) is 0. The molecule has 2 saturated heterocycles. The highest BCUT2D eigenvalue weighted by atomic mass is 16.5. The molecular weight excluding hydrogens is 260 g/mol. The summed E-state index contributed by atoms with van der Waals surface area (Å²) < 4.78 is 5.47. The third-order valence-electron chi connectivity index (χ3n) is 4.09. The molecule has 20 heavy (non-hydrogen) atoms. The lowest BCUT2D eigenvalue weighted by molar-refractivity contribution is -0.132. The number of carbonyl (C=O) groups excluding carboxylic acids is 1. The van der Waals surface area contributed by atoms with Gasteiger partial charge in [-0.1, -0.05) is 12.1 Å². The monoisotopic (exact) mass is 284 g/mol. The number of nitrogens with zero attached hydrogens (tertiary/aromatic N) is 2. The van der Waals surface area contributed by atoms with Gasteiger partial charge in [-0.15, -0.1) is 0 Å². The Bertz CT molecular complexity index is 367. The Morgan fingerprint density at radius 3 is 2.70 bits per heavy atom. The van der Waals surface area contributed by atoms with E-state index in [-0.39, 0.29) is 23.9 Å². The lowest BCUT2D eigenvalue weighted by atomic mass is 10.0. The first kappa shape index (κ1) is 15.1. The first-order valence-electron chi connectivity index (χ1n) is 7.21. The molecule has 7 nitrogen and oxygen atoms in total. The minimum absolute atomic E-state index is 0.0184. The molecule has 2 aliphatic rings. The highest BCUT2D eigenvalue weighted by molar-refractivity contribution is 5.82. The predicted molar refractivity (Wildman–Crippen MR) is 74.5 cm³/mol. The molecule has 0 aliphatic carbocycles. The molecule has 2 aliphatic heterocycles. The SMILES string of the molecule is CC1CCOC1C(=O)NC1CCN(CC(N)=NO)CC1. The number of rotatable bonds is 4. The predicted octanol–water partition coefficient (Wildman–Crippen LogP) is -0.262. The third-order valence-corrected chi connectivity index (χ3v) is 4.09. The van der Waals surface area contributed by atoms with Crippen LogP contribution in [-0.4, -0.2) is 60.2 Å². The lowest BCUT2D eigenvalue weighted by Gasteiger charge is -2.32. The van der Waals surface area contributed by atoms with E-state index < -0.39 is 0 Å². The number of amides is 1. The average Bonchev–Trinajstić information content (AvgIpc) is 2.87. The van der Waals surface area contributed by atoms with Crippen LogP contribution in [0.2, 0.25) is 0 Å². The fourth-order valence-electron chi connectivity index (χ4n) is 2.81. The van der Waals surface area contributed by atoms with Crippen molar-refractivity contribution in [3.63, 3.8) is 0 Å². The van der Waals surface area contributed by atoms with Crippen LogP contribution in [0.15, 0.2) is 5.16 Å². The Labute approximate surface area is 119 Å². The van der Waals surface area contributed by atoms with Crippen molar-refractivity contribution in [2.75, 3.05) is 26.2 Å². The second kappa shape index (κ2) is 6.90. The Kier molecular flexibility index (Phi) is 5.19. The van der Waals surface area contributed by atoms with Crippen molar-refractivity contribution in [2.45, 2.75) is 38.3 Å². The molecule has 1 amide bonds. The molecule has 2 rings (SSSR count). The van der Waals surface area contributed by atoms with E-state index in [1.807, 2.05) is 0 Å². The number of nitrogens with one attached hydrogen (secondary N) is 1. The van der Waals surface area contributed by atoms with Gasteiger partial charge in [0.15, 0.2) is 5.84 Å². The first-order chi connectivity index (χ1) is 9.60. The van der Waals surface area contributed by atoms with Crippen LogP contribution >= 0.6 is 0 Å². The van der Waals surface area contributed by atoms with Crippen LogP contribution < -0.4 is 11.1 Å². The Morgan fingerprint density at radius 2 is 2.15 bits per heavy atom. The molecule has 0 aromatic rings. The molecule has 2 heterocycles. The number of ether oxygens (including phenoxy) is 1. The standard InChI is InChI=1S/C13H24N4O3/c1-9-4-7-20-12(9)13(18)15-10-2-5-17(6-3-10)8-11(14)16-19/h9-10,12,19H,2-8H2,1H3,(H2,14,16)(H,15,18). The third kappa shape index (κ3) is 3.83. The zero-order valence-corrected chi connectivity index (χ0v) is 11.9. The maximum absolute atomic E-state index is 12.1. The molecule has 2 atom stereocenters. The maximum atomic E-state index is 12.1. The summed E-state index contributed by atoms with van der Waals surface area (Å²) in [6, 6.07) is 0.197. The number of piperidine rings is 1. The lowest BCUT2D eigenvalue weighted by Crippen LogP contribution is -2.49. The van der Waals surface area contributed by atoms with Gasteiger partial charge in [-0.05, 0) is 25.2 Å². The van der Waals surface area contributed by atoms with E-state index in [1.165, 1.54) is 0 Å². The molecule has 2 unspecified atom stereocenters. The van der Waals surface area contributed by atoms with E-state index in [0.29, 0.717) is 19.1 Å². The quantitative estimate of drug-likeness (QED) is 0.286. The maximum Gasteiger partial charge on any atom is 0.249 e. The van der Waals surface area contributed by atoms with E-state index in [0.717, 1.165) is 32.4 Å². The molecule has 7 heteroatoms. The number of carbonyl (C=O) groups is 1. The average molecular weight is 284 g/mol. The second-order valence-electron chi connectivity index (χ2n) is 5.71. The van der Waals surface area contributed by atoms with Crippen LogP contribution in [0.1, 0.15) is 26.2 Å². The number of hydrogen-bond acceptors (Lipinski definition) is 5. The molecule has 4 N–H and O–H groups in total. The number of nitrogens with two attached hydrogens (primary N) is 1. The van der Waals surface area contributed by atoms with Gasteiger partial charge < -0.3 is 21.0 Å². The van der Waals surface area contributed by atoms with Gasteiger partial charge >= 0.3 is 0 Å². The van der Waals surface area contributed by atoms with Crippen molar-refractivity contribution in [3.8, 4) is 0 Å². The van der Waals surface area contributed by atoms with Crippen LogP contribution in [0.3, 0.4) is 0 Å². The summed E-state index contributed by atoms with van der Waals surface area (Å²) in [6.07, 6.45) is 2.43. The largest absolute Gasteiger partial charge is 0.409 e. The molecule has 0 saturated carbocycles. The van der Waals surface area contributed by atoms with Gasteiger partial charge in [-0.3, -0.25) is 9.69 Å². The van der Waals surface area contributed by atoms with Gasteiger partial charge in [0.2, 0.25) is 5.91 Å². The Hall–Kier alpha value is -1.34. The van der Waals surface area contributed by atoms with Crippen molar-refractivity contribution >= 4 is 11.7 Å². The molecular formula is C13H24N4O3. The summed E-state index contributed by atoms with van der Waals surface area (Å²) in [4.78, 5) is 14.2. The molecule has 114 valence electrons. The summed E-state index contributed by atoms with van der Waals surface area (Å²) >= 11 is 0. The van der Waals surface area contributed by atoms with Crippen molar-refractivity contribution < 1.29 is 14.7 Å². The van der Waals surface area contributed by atoms with Crippen molar-refractivity contribution in [2.24, 2.45) is 16.8 Å². The van der Waals surface area contributed by atoms with Gasteiger partial charge in [0.05, 0.1) is 6.54 Å². The minimum Gasteiger partial charge on any atom is -0.409 e. The number of likely N-dealkylation sites (tertiary alicyclic amines) is 1.